The second-order valence-electron chi connectivity index (χ2n) is 4.81. The molecule has 0 radical (unpaired) electrons. The van der Waals surface area contributed by atoms with Gasteiger partial charge in [-0.1, -0.05) is 0 Å². The summed E-state index contributed by atoms with van der Waals surface area (Å²) >= 11 is 0. The Balaban J connectivity index is 3.14. The van der Waals surface area contributed by atoms with Crippen molar-refractivity contribution in [1.29, 1.82) is 0 Å². The van der Waals surface area contributed by atoms with E-state index in [1.807, 2.05) is 0 Å². The number of halogens is 1. The molecule has 22 heavy (non-hydrogen) atoms. The van der Waals surface area contributed by atoms with Crippen molar-refractivity contribution in [2.45, 2.75) is 51.4 Å². The number of esters is 2. The molecule has 0 aromatic rings. The first-order chi connectivity index (χ1) is 10.3. The van der Waals surface area contributed by atoms with Crippen LogP contribution in [0, 0.1) is 0 Å². The van der Waals surface area contributed by atoms with Crippen LogP contribution in [0.4, 0.5) is 4.39 Å². The first-order valence-corrected chi connectivity index (χ1v) is 6.65. The van der Waals surface area contributed by atoms with Crippen molar-refractivity contribution in [1.82, 2.24) is 5.32 Å². The Morgan fingerprint density at radius 1 is 1.09 bits per heavy atom. The number of carbonyl (C=O) groups is 3. The third-order valence-corrected chi connectivity index (χ3v) is 3.00. The summed E-state index contributed by atoms with van der Waals surface area (Å²) in [5.74, 6) is -1.80. The van der Waals surface area contributed by atoms with Crippen molar-refractivity contribution in [3.63, 3.8) is 0 Å². The first-order valence-electron chi connectivity index (χ1n) is 6.65. The van der Waals surface area contributed by atoms with Crippen LogP contribution < -0.4 is 5.32 Å². The Morgan fingerprint density at radius 3 is 2.05 bits per heavy atom. The summed E-state index contributed by atoms with van der Waals surface area (Å²) in [6.45, 7) is 2.55. The molecule has 9 heteroatoms. The van der Waals surface area contributed by atoms with Crippen molar-refractivity contribution in [3.8, 4) is 0 Å². The standard InChI is InChI=1S/C13H20FNO7/c1-6(16)15-10-12(21-8(3)18)11(20-7(2)17)9(5-14)22-13(10)19-4/h9-13H,5H2,1-4H3,(H,15,16)/t9-,10-,11+,12-,13+/m1/s1. The molecular weight excluding hydrogens is 301 g/mol. The fourth-order valence-electron chi connectivity index (χ4n) is 2.28. The molecule has 1 heterocycles. The van der Waals surface area contributed by atoms with Gasteiger partial charge >= 0.3 is 11.9 Å². The Hall–Kier alpha value is -1.74. The Bertz CT molecular complexity index is 401. The van der Waals surface area contributed by atoms with Gasteiger partial charge in [-0.25, -0.2) is 4.39 Å². The van der Waals surface area contributed by atoms with E-state index < -0.39 is 55.2 Å². The number of methoxy groups -OCH3 is 1. The lowest BCUT2D eigenvalue weighted by Crippen LogP contribution is -2.66. The van der Waals surface area contributed by atoms with Crippen molar-refractivity contribution in [3.05, 3.63) is 0 Å². The highest BCUT2D eigenvalue weighted by atomic mass is 19.1. The molecule has 1 saturated heterocycles. The van der Waals surface area contributed by atoms with Gasteiger partial charge in [-0.15, -0.1) is 0 Å². The number of amides is 1. The molecule has 1 fully saturated rings. The van der Waals surface area contributed by atoms with Crippen LogP contribution in [0.15, 0.2) is 0 Å². The van der Waals surface area contributed by atoms with Crippen LogP contribution in [0.3, 0.4) is 0 Å². The molecule has 0 aliphatic carbocycles. The van der Waals surface area contributed by atoms with Gasteiger partial charge in [0.15, 0.2) is 18.5 Å². The highest BCUT2D eigenvalue weighted by molar-refractivity contribution is 5.73. The highest BCUT2D eigenvalue weighted by Gasteiger charge is 2.50. The van der Waals surface area contributed by atoms with Crippen LogP contribution in [0.25, 0.3) is 0 Å². The molecule has 1 amide bonds. The van der Waals surface area contributed by atoms with E-state index in [2.05, 4.69) is 5.32 Å². The quantitative estimate of drug-likeness (QED) is 0.694. The maximum Gasteiger partial charge on any atom is 0.303 e. The second-order valence-corrected chi connectivity index (χ2v) is 4.81. The van der Waals surface area contributed by atoms with Gasteiger partial charge < -0.3 is 24.3 Å². The molecule has 126 valence electrons. The Kier molecular flexibility index (Phi) is 6.69. The third kappa shape index (κ3) is 4.63. The third-order valence-electron chi connectivity index (χ3n) is 3.00. The molecule has 8 nitrogen and oxygen atoms in total. The van der Waals surface area contributed by atoms with Gasteiger partial charge in [0, 0.05) is 27.9 Å². The molecule has 5 atom stereocenters. The molecule has 0 saturated carbocycles. The van der Waals surface area contributed by atoms with Gasteiger partial charge in [-0.2, -0.15) is 0 Å². The van der Waals surface area contributed by atoms with Crippen LogP contribution in [0.2, 0.25) is 0 Å². The van der Waals surface area contributed by atoms with Gasteiger partial charge in [0.2, 0.25) is 5.91 Å². The molecule has 1 aliphatic heterocycles. The molecule has 0 spiro atoms. The minimum Gasteiger partial charge on any atom is -0.456 e. The Morgan fingerprint density at radius 2 is 1.64 bits per heavy atom. The smallest absolute Gasteiger partial charge is 0.303 e. The molecule has 0 aromatic carbocycles. The molecule has 0 unspecified atom stereocenters. The Labute approximate surface area is 127 Å². The zero-order chi connectivity index (χ0) is 16.9. The molecule has 1 aliphatic rings. The number of ether oxygens (including phenoxy) is 4. The number of carbonyl (C=O) groups excluding carboxylic acids is 3. The number of nitrogens with one attached hydrogen (secondary N) is 1. The van der Waals surface area contributed by atoms with Crippen LogP contribution in [-0.2, 0) is 33.3 Å². The van der Waals surface area contributed by atoms with Crippen LogP contribution >= 0.6 is 0 Å². The van der Waals surface area contributed by atoms with Crippen LogP contribution in [0.1, 0.15) is 20.8 Å². The van der Waals surface area contributed by atoms with E-state index in [1.54, 1.807) is 0 Å². The number of alkyl halides is 1. The predicted molar refractivity (Wildman–Crippen MR) is 70.4 cm³/mol. The summed E-state index contributed by atoms with van der Waals surface area (Å²) in [5, 5.41) is 2.51. The highest BCUT2D eigenvalue weighted by Crippen LogP contribution is 2.27. The SMILES string of the molecule is CO[C@H]1O[C@H](CF)[C@H](OC(C)=O)[C@H](OC(C)=O)[C@H]1NC(C)=O. The average molecular weight is 321 g/mol. The second kappa shape index (κ2) is 8.04. The van der Waals surface area contributed by atoms with E-state index in [0.29, 0.717) is 0 Å². The largest absolute Gasteiger partial charge is 0.456 e. The lowest BCUT2D eigenvalue weighted by molar-refractivity contribution is -0.267. The first kappa shape index (κ1) is 18.3. The summed E-state index contributed by atoms with van der Waals surface area (Å²) < 4.78 is 33.7. The fraction of sp³-hybridized carbons (Fsp3) is 0.769. The van der Waals surface area contributed by atoms with Gasteiger partial charge in [0.1, 0.15) is 18.8 Å². The number of hydrogen-bond donors (Lipinski definition) is 1. The van der Waals surface area contributed by atoms with E-state index in [0.717, 1.165) is 13.8 Å². The molecule has 1 rings (SSSR count). The predicted octanol–water partition coefficient (Wildman–Crippen LogP) is -0.305. The lowest BCUT2D eigenvalue weighted by Gasteiger charge is -2.44. The van der Waals surface area contributed by atoms with Crippen LogP contribution in [-0.4, -0.2) is 62.3 Å². The molecule has 0 aromatic heterocycles. The van der Waals surface area contributed by atoms with Gasteiger partial charge in [0.25, 0.3) is 0 Å². The van der Waals surface area contributed by atoms with E-state index in [1.165, 1.54) is 14.0 Å². The maximum atomic E-state index is 13.2. The fourth-order valence-corrected chi connectivity index (χ4v) is 2.28. The van der Waals surface area contributed by atoms with Crippen molar-refractivity contribution in [2.24, 2.45) is 0 Å². The van der Waals surface area contributed by atoms with E-state index in [-0.39, 0.29) is 0 Å². The van der Waals surface area contributed by atoms with Crippen molar-refractivity contribution < 1.29 is 37.7 Å². The summed E-state index contributed by atoms with van der Waals surface area (Å²) in [4.78, 5) is 33.9. The summed E-state index contributed by atoms with van der Waals surface area (Å²) in [5.41, 5.74) is 0. The minimum absolute atomic E-state index is 0.437. The van der Waals surface area contributed by atoms with Crippen molar-refractivity contribution >= 4 is 17.8 Å². The maximum absolute atomic E-state index is 13.2. The van der Waals surface area contributed by atoms with Gasteiger partial charge in [-0.3, -0.25) is 14.4 Å². The molecular formula is C13H20FNO7. The summed E-state index contributed by atoms with van der Waals surface area (Å²) in [6, 6.07) is -0.946. The molecule has 0 bridgehead atoms. The normalized spacial score (nSPS) is 31.2. The van der Waals surface area contributed by atoms with Gasteiger partial charge in [-0.05, 0) is 0 Å². The van der Waals surface area contributed by atoms with E-state index in [4.69, 9.17) is 18.9 Å². The average Bonchev–Trinajstić information content (AvgIpc) is 2.41. The monoisotopic (exact) mass is 321 g/mol. The number of rotatable bonds is 5. The van der Waals surface area contributed by atoms with E-state index in [9.17, 15) is 18.8 Å². The summed E-state index contributed by atoms with van der Waals surface area (Å²) in [7, 11) is 1.30. The van der Waals surface area contributed by atoms with E-state index >= 15 is 0 Å². The number of hydrogen-bond acceptors (Lipinski definition) is 7. The van der Waals surface area contributed by atoms with Gasteiger partial charge in [0.05, 0.1) is 0 Å². The lowest BCUT2D eigenvalue weighted by atomic mass is 9.96. The molecule has 1 N–H and O–H groups in total. The zero-order valence-electron chi connectivity index (χ0n) is 12.8. The van der Waals surface area contributed by atoms with Crippen LogP contribution in [0.5, 0.6) is 0 Å². The van der Waals surface area contributed by atoms with Crippen molar-refractivity contribution in [2.75, 3.05) is 13.8 Å². The topological polar surface area (TPSA) is 100 Å². The summed E-state index contributed by atoms with van der Waals surface area (Å²) in [6.07, 6.45) is -4.57. The zero-order valence-corrected chi connectivity index (χ0v) is 12.8. The minimum atomic E-state index is -1.20.